The van der Waals surface area contributed by atoms with Crippen LogP contribution in [0, 0.1) is 5.92 Å². The molecule has 0 bridgehead atoms. The molecule has 0 saturated carbocycles. The van der Waals surface area contributed by atoms with Gasteiger partial charge in [-0.2, -0.15) is 10.1 Å². The molecule has 1 fully saturated rings. The number of carboxylic acids is 1. The highest BCUT2D eigenvalue weighted by Gasteiger charge is 2.27. The van der Waals surface area contributed by atoms with Gasteiger partial charge in [-0.1, -0.05) is 42.4 Å². The molecule has 3 aromatic heterocycles. The number of aromatic nitrogens is 5. The maximum absolute atomic E-state index is 11.3. The van der Waals surface area contributed by atoms with Gasteiger partial charge in [-0.05, 0) is 43.5 Å². The van der Waals surface area contributed by atoms with Gasteiger partial charge in [0.15, 0.2) is 5.82 Å². The predicted molar refractivity (Wildman–Crippen MR) is 131 cm³/mol. The summed E-state index contributed by atoms with van der Waals surface area (Å²) in [6, 6.07) is 13.0. The van der Waals surface area contributed by atoms with Gasteiger partial charge in [0.2, 0.25) is 5.82 Å². The van der Waals surface area contributed by atoms with E-state index in [1.807, 2.05) is 54.3 Å². The fourth-order valence-electron chi connectivity index (χ4n) is 4.65. The number of likely N-dealkylation sites (tertiary alicyclic amines) is 1. The summed E-state index contributed by atoms with van der Waals surface area (Å²) in [5.41, 5.74) is 3.20. The molecule has 0 amide bonds. The van der Waals surface area contributed by atoms with Gasteiger partial charge in [-0.15, -0.1) is 0 Å². The largest absolute Gasteiger partial charge is 0.481 e. The van der Waals surface area contributed by atoms with Crippen LogP contribution in [0.25, 0.3) is 28.7 Å². The van der Waals surface area contributed by atoms with E-state index in [1.54, 1.807) is 17.1 Å². The molecule has 1 aliphatic rings. The predicted octanol–water partition coefficient (Wildman–Crippen LogP) is 3.38. The Bertz CT molecular complexity index is 1320. The number of aliphatic carboxylic acids is 1. The van der Waals surface area contributed by atoms with Crippen LogP contribution in [0.15, 0.2) is 59.4 Å². The summed E-state index contributed by atoms with van der Waals surface area (Å²) in [6.45, 7) is 3.69. The number of benzene rings is 1. The van der Waals surface area contributed by atoms with Crippen LogP contribution in [-0.2, 0) is 11.2 Å². The molecule has 1 saturated heterocycles. The molecule has 1 unspecified atom stereocenters. The lowest BCUT2D eigenvalue weighted by Gasteiger charge is -2.32. The van der Waals surface area contributed by atoms with Crippen LogP contribution in [0.5, 0.6) is 0 Å². The van der Waals surface area contributed by atoms with Gasteiger partial charge in [-0.3, -0.25) is 9.69 Å². The molecule has 186 valence electrons. The maximum atomic E-state index is 11.3. The minimum Gasteiger partial charge on any atom is -0.481 e. The number of hydrogen-bond acceptors (Lipinski definition) is 8. The van der Waals surface area contributed by atoms with Crippen LogP contribution in [0.3, 0.4) is 0 Å². The monoisotopic (exact) mass is 488 g/mol. The van der Waals surface area contributed by atoms with Crippen molar-refractivity contribution in [2.24, 2.45) is 5.92 Å². The van der Waals surface area contributed by atoms with E-state index in [1.165, 1.54) is 0 Å². The molecule has 4 heterocycles. The fourth-order valence-corrected chi connectivity index (χ4v) is 4.65. The van der Waals surface area contributed by atoms with E-state index in [9.17, 15) is 15.0 Å². The second-order valence-corrected chi connectivity index (χ2v) is 8.96. The molecule has 1 aliphatic heterocycles. The Morgan fingerprint density at radius 1 is 1.22 bits per heavy atom. The maximum Gasteiger partial charge on any atom is 0.307 e. The summed E-state index contributed by atoms with van der Waals surface area (Å²) in [4.78, 5) is 22.3. The molecule has 2 atom stereocenters. The molecule has 10 nitrogen and oxygen atoms in total. The smallest absolute Gasteiger partial charge is 0.307 e. The zero-order valence-electron chi connectivity index (χ0n) is 20.0. The van der Waals surface area contributed by atoms with E-state index in [4.69, 9.17) is 4.52 Å². The van der Waals surface area contributed by atoms with Gasteiger partial charge in [0.1, 0.15) is 0 Å². The van der Waals surface area contributed by atoms with Crippen molar-refractivity contribution in [1.82, 2.24) is 29.8 Å². The summed E-state index contributed by atoms with van der Waals surface area (Å²) in [7, 11) is 0. The van der Waals surface area contributed by atoms with Crippen molar-refractivity contribution in [2.45, 2.75) is 32.3 Å². The Kier molecular flexibility index (Phi) is 6.88. The average molecular weight is 489 g/mol. The molecule has 4 aromatic rings. The second kappa shape index (κ2) is 10.4. The number of pyridine rings is 1. The first-order valence-electron chi connectivity index (χ1n) is 12.1. The van der Waals surface area contributed by atoms with E-state index >= 15 is 0 Å². The van der Waals surface area contributed by atoms with Gasteiger partial charge < -0.3 is 14.7 Å². The zero-order chi connectivity index (χ0) is 25.1. The van der Waals surface area contributed by atoms with Crippen molar-refractivity contribution in [3.8, 4) is 28.7 Å². The third kappa shape index (κ3) is 4.91. The normalized spacial score (nSPS) is 17.2. The molecule has 1 aromatic carbocycles. The number of rotatable bonds is 8. The molecule has 10 heteroatoms. The van der Waals surface area contributed by atoms with Crippen LogP contribution in [0.4, 0.5) is 0 Å². The molecule has 5 rings (SSSR count). The van der Waals surface area contributed by atoms with Gasteiger partial charge in [0.05, 0.1) is 29.5 Å². The SMILES string of the molecule is CCc1c(-c2nc(-c3ccc(C(O)CN4CCC[C@H](C(=O)O)C4)cc3)no2)cnn1-c1ccccn1. The van der Waals surface area contributed by atoms with Crippen LogP contribution in [-0.4, -0.2) is 65.6 Å². The minimum absolute atomic E-state index is 0.370. The Labute approximate surface area is 208 Å². The van der Waals surface area contributed by atoms with Crippen molar-refractivity contribution in [2.75, 3.05) is 19.6 Å². The lowest BCUT2D eigenvalue weighted by molar-refractivity contribution is -0.143. The Morgan fingerprint density at radius 2 is 2.06 bits per heavy atom. The molecule has 0 aliphatic carbocycles. The number of carbonyl (C=O) groups is 1. The van der Waals surface area contributed by atoms with E-state index in [0.717, 1.165) is 41.2 Å². The van der Waals surface area contributed by atoms with Gasteiger partial charge in [-0.25, -0.2) is 9.67 Å². The summed E-state index contributed by atoms with van der Waals surface area (Å²) in [6.07, 6.45) is 4.94. The summed E-state index contributed by atoms with van der Waals surface area (Å²) in [5, 5.41) is 28.6. The number of aliphatic hydroxyl groups excluding tert-OH is 1. The average Bonchev–Trinajstić information content (AvgIpc) is 3.57. The highest BCUT2D eigenvalue weighted by Crippen LogP contribution is 2.28. The standard InChI is InChI=1S/C26H28N6O4/c1-2-21-20(14-28-32(21)23-7-3-4-12-27-23)25-29-24(30-36-25)18-10-8-17(9-11-18)22(33)16-31-13-5-6-19(15-31)26(34)35/h3-4,7-12,14,19,22,33H,2,5-6,13,15-16H2,1H3,(H,34,35)/t19-,22?/m0/s1. The van der Waals surface area contributed by atoms with E-state index in [-0.39, 0.29) is 5.92 Å². The fraction of sp³-hybridized carbons (Fsp3) is 0.346. The number of nitrogens with zero attached hydrogens (tertiary/aromatic N) is 6. The molecule has 2 N–H and O–H groups in total. The quantitative estimate of drug-likeness (QED) is 0.383. The van der Waals surface area contributed by atoms with Gasteiger partial charge in [0, 0.05) is 24.8 Å². The third-order valence-corrected chi connectivity index (χ3v) is 6.57. The lowest BCUT2D eigenvalue weighted by atomic mass is 9.97. The molecule has 0 spiro atoms. The van der Waals surface area contributed by atoms with Crippen molar-refractivity contribution in [3.63, 3.8) is 0 Å². The highest BCUT2D eigenvalue weighted by atomic mass is 16.5. The Morgan fingerprint density at radius 3 is 2.78 bits per heavy atom. The highest BCUT2D eigenvalue weighted by molar-refractivity contribution is 5.70. The van der Waals surface area contributed by atoms with Crippen LogP contribution < -0.4 is 0 Å². The first kappa shape index (κ1) is 23.8. The molecular formula is C26H28N6O4. The Balaban J connectivity index is 1.29. The van der Waals surface area contributed by atoms with E-state index < -0.39 is 12.1 Å². The van der Waals surface area contributed by atoms with Crippen molar-refractivity contribution in [1.29, 1.82) is 0 Å². The van der Waals surface area contributed by atoms with Crippen LogP contribution in [0.2, 0.25) is 0 Å². The van der Waals surface area contributed by atoms with Gasteiger partial charge in [0.25, 0.3) is 5.89 Å². The summed E-state index contributed by atoms with van der Waals surface area (Å²) < 4.78 is 7.34. The lowest BCUT2D eigenvalue weighted by Crippen LogP contribution is -2.40. The molecule has 0 radical (unpaired) electrons. The summed E-state index contributed by atoms with van der Waals surface area (Å²) in [5.74, 6) is 0.404. The molecular weight excluding hydrogens is 460 g/mol. The number of piperidine rings is 1. The minimum atomic E-state index is -0.770. The second-order valence-electron chi connectivity index (χ2n) is 8.96. The van der Waals surface area contributed by atoms with Crippen LogP contribution >= 0.6 is 0 Å². The first-order chi connectivity index (χ1) is 17.5. The Hall–Kier alpha value is -3.89. The third-order valence-electron chi connectivity index (χ3n) is 6.57. The van der Waals surface area contributed by atoms with Crippen molar-refractivity contribution in [3.05, 3.63) is 66.1 Å². The van der Waals surface area contributed by atoms with E-state index in [0.29, 0.717) is 37.6 Å². The van der Waals surface area contributed by atoms with E-state index in [2.05, 4.69) is 20.2 Å². The molecule has 36 heavy (non-hydrogen) atoms. The van der Waals surface area contributed by atoms with Crippen molar-refractivity contribution < 1.29 is 19.5 Å². The number of hydrogen-bond donors (Lipinski definition) is 2. The first-order valence-corrected chi connectivity index (χ1v) is 12.1. The topological polar surface area (TPSA) is 130 Å². The van der Waals surface area contributed by atoms with Crippen molar-refractivity contribution >= 4 is 5.97 Å². The van der Waals surface area contributed by atoms with Crippen LogP contribution in [0.1, 0.15) is 37.1 Å². The number of β-amino-alcohol motifs (C(OH)–C–C–N with tert-alkyl or cyclic N) is 1. The zero-order valence-corrected chi connectivity index (χ0v) is 20.0. The van der Waals surface area contributed by atoms with Gasteiger partial charge >= 0.3 is 5.97 Å². The number of aliphatic hydroxyl groups is 1. The summed E-state index contributed by atoms with van der Waals surface area (Å²) >= 11 is 0. The number of carboxylic acid groups (broad SMARTS) is 1.